The van der Waals surface area contributed by atoms with E-state index in [0.717, 1.165) is 31.2 Å². The fourth-order valence-corrected chi connectivity index (χ4v) is 3.62. The Morgan fingerprint density at radius 1 is 1.30 bits per heavy atom. The van der Waals surface area contributed by atoms with Gasteiger partial charge in [0.25, 0.3) is 5.91 Å². The van der Waals surface area contributed by atoms with Gasteiger partial charge in [0.05, 0.1) is 12.2 Å². The molecule has 0 bridgehead atoms. The summed E-state index contributed by atoms with van der Waals surface area (Å²) in [6, 6.07) is 9.89. The van der Waals surface area contributed by atoms with Gasteiger partial charge in [-0.2, -0.15) is 5.10 Å². The lowest BCUT2D eigenvalue weighted by atomic mass is 10.2. The molecule has 2 aromatic rings. The van der Waals surface area contributed by atoms with E-state index in [4.69, 9.17) is 16.3 Å². The van der Waals surface area contributed by atoms with Crippen LogP contribution >= 0.6 is 11.6 Å². The molecule has 7 heteroatoms. The molecule has 1 heterocycles. The van der Waals surface area contributed by atoms with Crippen molar-refractivity contribution in [1.29, 1.82) is 0 Å². The van der Waals surface area contributed by atoms with Crippen LogP contribution in [0.2, 0.25) is 5.15 Å². The zero-order chi connectivity index (χ0) is 19.4. The lowest BCUT2D eigenvalue weighted by Crippen LogP contribution is -2.40. The van der Waals surface area contributed by atoms with Crippen molar-refractivity contribution in [3.05, 3.63) is 52.3 Å². The van der Waals surface area contributed by atoms with E-state index in [1.807, 2.05) is 30.3 Å². The van der Waals surface area contributed by atoms with Gasteiger partial charge in [0.15, 0.2) is 6.10 Å². The van der Waals surface area contributed by atoms with Crippen LogP contribution in [0.1, 0.15) is 54.2 Å². The first-order chi connectivity index (χ1) is 13.0. The number of aryl methyl sites for hydroxylation is 1. The van der Waals surface area contributed by atoms with Gasteiger partial charge in [-0.05, 0) is 32.3 Å². The van der Waals surface area contributed by atoms with Crippen LogP contribution < -0.4 is 5.32 Å². The molecule has 1 N–H and O–H groups in total. The Balaban J connectivity index is 1.66. The van der Waals surface area contributed by atoms with Crippen molar-refractivity contribution in [2.75, 3.05) is 0 Å². The third-order valence-electron chi connectivity index (χ3n) is 4.80. The summed E-state index contributed by atoms with van der Waals surface area (Å²) in [5.41, 5.74) is 1.70. The van der Waals surface area contributed by atoms with E-state index >= 15 is 0 Å². The van der Waals surface area contributed by atoms with Crippen molar-refractivity contribution in [3.8, 4) is 0 Å². The summed E-state index contributed by atoms with van der Waals surface area (Å²) in [6.07, 6.45) is 3.31. The van der Waals surface area contributed by atoms with E-state index in [2.05, 4.69) is 10.4 Å². The minimum absolute atomic E-state index is 0.178. The van der Waals surface area contributed by atoms with Crippen LogP contribution in [0.3, 0.4) is 0 Å². The highest BCUT2D eigenvalue weighted by molar-refractivity contribution is 6.32. The van der Waals surface area contributed by atoms with Crippen LogP contribution in [0.4, 0.5) is 0 Å². The standard InChI is InChI=1S/C20H24ClN3O3/c1-13-17(18(21)24(23-13)12-15-8-4-3-5-9-15)20(26)27-14(2)19(25)22-16-10-6-7-11-16/h3-5,8-9,14,16H,6-7,10-12H2,1-2H3,(H,22,25)/t14-/m0/s1. The molecule has 1 fully saturated rings. The molecule has 1 amide bonds. The molecular weight excluding hydrogens is 366 g/mol. The zero-order valence-corrected chi connectivity index (χ0v) is 16.3. The number of halogens is 1. The predicted octanol–water partition coefficient (Wildman–Crippen LogP) is 3.50. The number of nitrogens with one attached hydrogen (secondary N) is 1. The molecule has 6 nitrogen and oxygen atoms in total. The monoisotopic (exact) mass is 389 g/mol. The summed E-state index contributed by atoms with van der Waals surface area (Å²) in [4.78, 5) is 24.8. The summed E-state index contributed by atoms with van der Waals surface area (Å²) in [6.45, 7) is 3.72. The molecule has 1 aliphatic rings. The van der Waals surface area contributed by atoms with E-state index in [1.54, 1.807) is 18.5 Å². The first kappa shape index (κ1) is 19.4. The molecule has 1 atom stereocenters. The first-order valence-corrected chi connectivity index (χ1v) is 9.61. The van der Waals surface area contributed by atoms with E-state index in [1.165, 1.54) is 0 Å². The van der Waals surface area contributed by atoms with Crippen molar-refractivity contribution in [2.24, 2.45) is 0 Å². The predicted molar refractivity (Wildman–Crippen MR) is 103 cm³/mol. The zero-order valence-electron chi connectivity index (χ0n) is 15.6. The minimum atomic E-state index is -0.883. The molecule has 27 heavy (non-hydrogen) atoms. The van der Waals surface area contributed by atoms with Gasteiger partial charge < -0.3 is 10.1 Å². The van der Waals surface area contributed by atoms with Gasteiger partial charge in [-0.3, -0.25) is 4.79 Å². The fraction of sp³-hybridized carbons (Fsp3) is 0.450. The number of hydrogen-bond acceptors (Lipinski definition) is 4. The number of benzene rings is 1. The van der Waals surface area contributed by atoms with E-state index in [9.17, 15) is 9.59 Å². The topological polar surface area (TPSA) is 73.2 Å². The van der Waals surface area contributed by atoms with Gasteiger partial charge in [-0.1, -0.05) is 54.8 Å². The summed E-state index contributed by atoms with van der Waals surface area (Å²) >= 11 is 6.37. The molecule has 0 aliphatic heterocycles. The summed E-state index contributed by atoms with van der Waals surface area (Å²) in [5, 5.41) is 7.49. The van der Waals surface area contributed by atoms with Gasteiger partial charge in [0.1, 0.15) is 10.7 Å². The van der Waals surface area contributed by atoms with Gasteiger partial charge in [-0.15, -0.1) is 0 Å². The van der Waals surface area contributed by atoms with Crippen LogP contribution in [-0.2, 0) is 16.1 Å². The average Bonchev–Trinajstić information content (AvgIpc) is 3.24. The highest BCUT2D eigenvalue weighted by atomic mass is 35.5. The molecule has 0 saturated heterocycles. The first-order valence-electron chi connectivity index (χ1n) is 9.24. The quantitative estimate of drug-likeness (QED) is 0.767. The number of nitrogens with zero attached hydrogens (tertiary/aromatic N) is 2. The summed E-state index contributed by atoms with van der Waals surface area (Å²) in [7, 11) is 0. The van der Waals surface area contributed by atoms with Crippen LogP contribution in [-0.4, -0.2) is 33.8 Å². The van der Waals surface area contributed by atoms with E-state index in [0.29, 0.717) is 12.2 Å². The number of aromatic nitrogens is 2. The molecule has 3 rings (SSSR count). The highest BCUT2D eigenvalue weighted by Gasteiger charge is 2.27. The Morgan fingerprint density at radius 3 is 2.63 bits per heavy atom. The Labute approximate surface area is 163 Å². The molecule has 0 unspecified atom stereocenters. The Morgan fingerprint density at radius 2 is 1.96 bits per heavy atom. The number of esters is 1. The summed E-state index contributed by atoms with van der Waals surface area (Å²) < 4.78 is 6.91. The fourth-order valence-electron chi connectivity index (χ4n) is 3.31. The third-order valence-corrected chi connectivity index (χ3v) is 5.18. The minimum Gasteiger partial charge on any atom is -0.449 e. The second-order valence-corrected chi connectivity index (χ2v) is 7.29. The normalized spacial score (nSPS) is 15.5. The average molecular weight is 390 g/mol. The number of ether oxygens (including phenoxy) is 1. The van der Waals surface area contributed by atoms with Crippen LogP contribution in [0.25, 0.3) is 0 Å². The van der Waals surface area contributed by atoms with Crippen LogP contribution in [0.15, 0.2) is 30.3 Å². The number of amides is 1. The molecule has 0 radical (unpaired) electrons. The maximum absolute atomic E-state index is 12.6. The second kappa shape index (κ2) is 8.57. The lowest BCUT2D eigenvalue weighted by Gasteiger charge is -2.17. The number of carbonyl (C=O) groups is 2. The molecule has 144 valence electrons. The Kier molecular flexibility index (Phi) is 6.16. The Hall–Kier alpha value is -2.34. The number of carbonyl (C=O) groups excluding carboxylic acids is 2. The van der Waals surface area contributed by atoms with Crippen molar-refractivity contribution < 1.29 is 14.3 Å². The van der Waals surface area contributed by atoms with Gasteiger partial charge >= 0.3 is 5.97 Å². The SMILES string of the molecule is Cc1nn(Cc2ccccc2)c(Cl)c1C(=O)O[C@@H](C)C(=O)NC1CCCC1. The number of rotatable bonds is 6. The van der Waals surface area contributed by atoms with Crippen molar-refractivity contribution >= 4 is 23.5 Å². The lowest BCUT2D eigenvalue weighted by molar-refractivity contribution is -0.129. The molecule has 0 spiro atoms. The van der Waals surface area contributed by atoms with Gasteiger partial charge in [0, 0.05) is 6.04 Å². The summed E-state index contributed by atoms with van der Waals surface area (Å²) in [5.74, 6) is -0.911. The molecule has 1 aromatic carbocycles. The van der Waals surface area contributed by atoms with E-state index < -0.39 is 12.1 Å². The maximum atomic E-state index is 12.6. The van der Waals surface area contributed by atoms with Crippen molar-refractivity contribution in [1.82, 2.24) is 15.1 Å². The molecule has 1 aliphatic carbocycles. The third kappa shape index (κ3) is 4.69. The highest BCUT2D eigenvalue weighted by Crippen LogP contribution is 2.23. The van der Waals surface area contributed by atoms with Gasteiger partial charge in [0.2, 0.25) is 0 Å². The molecule has 1 saturated carbocycles. The number of hydrogen-bond donors (Lipinski definition) is 1. The smallest absolute Gasteiger partial charge is 0.343 e. The molecular formula is C20H24ClN3O3. The largest absolute Gasteiger partial charge is 0.449 e. The maximum Gasteiger partial charge on any atom is 0.343 e. The van der Waals surface area contributed by atoms with Crippen LogP contribution in [0.5, 0.6) is 0 Å². The van der Waals surface area contributed by atoms with Gasteiger partial charge in [-0.25, -0.2) is 9.48 Å². The van der Waals surface area contributed by atoms with Crippen molar-refractivity contribution in [2.45, 2.75) is 58.2 Å². The second-order valence-electron chi connectivity index (χ2n) is 6.93. The molecule has 1 aromatic heterocycles. The van der Waals surface area contributed by atoms with E-state index in [-0.39, 0.29) is 22.7 Å². The van der Waals surface area contributed by atoms with Crippen LogP contribution in [0, 0.1) is 6.92 Å². The Bertz CT molecular complexity index is 813. The van der Waals surface area contributed by atoms with Crippen molar-refractivity contribution in [3.63, 3.8) is 0 Å².